The molecule has 2 aromatic rings. The molecule has 0 saturated heterocycles. The Labute approximate surface area is 150 Å². The first-order valence-electron chi connectivity index (χ1n) is 7.64. The van der Waals surface area contributed by atoms with Crippen LogP contribution in [0, 0.1) is 22.7 Å². The highest BCUT2D eigenvalue weighted by Gasteiger charge is 2.18. The van der Waals surface area contributed by atoms with E-state index in [4.69, 9.17) is 11.0 Å². The van der Waals surface area contributed by atoms with Crippen LogP contribution in [0.5, 0.6) is 0 Å². The fourth-order valence-corrected chi connectivity index (χ4v) is 3.02. The number of nitriles is 2. The maximum atomic E-state index is 12.2. The Morgan fingerprint density at radius 1 is 1.28 bits per heavy atom. The topological polar surface area (TPSA) is 116 Å². The molecule has 126 valence electrons. The van der Waals surface area contributed by atoms with Crippen molar-refractivity contribution in [3.8, 4) is 12.1 Å². The molecule has 6 nitrogen and oxygen atoms in total. The van der Waals surface area contributed by atoms with Gasteiger partial charge < -0.3 is 11.1 Å². The third-order valence-electron chi connectivity index (χ3n) is 3.47. The van der Waals surface area contributed by atoms with Gasteiger partial charge in [0.25, 0.3) is 0 Å². The smallest absolute Gasteiger partial charge is 0.233 e. The number of anilines is 1. The number of nitrogens with one attached hydrogen (secondary N) is 1. The quantitative estimate of drug-likeness (QED) is 0.771. The Morgan fingerprint density at radius 3 is 2.60 bits per heavy atom. The lowest BCUT2D eigenvalue weighted by Crippen LogP contribution is -2.32. The molecule has 0 aliphatic heterocycles. The van der Waals surface area contributed by atoms with E-state index in [-0.39, 0.29) is 22.9 Å². The molecule has 0 fully saturated rings. The second-order valence-corrected chi connectivity index (χ2v) is 6.61. The summed E-state index contributed by atoms with van der Waals surface area (Å²) in [4.78, 5) is 16.3. The SMILES string of the molecule is C[C@@H](Sc1nc(N)c(C#N)cc1C#N)C(=O)NCCc1ccccc1. The van der Waals surface area contributed by atoms with Crippen molar-refractivity contribution in [2.75, 3.05) is 12.3 Å². The van der Waals surface area contributed by atoms with E-state index in [1.165, 1.54) is 6.07 Å². The second kappa shape index (κ2) is 8.72. The normalized spacial score (nSPS) is 11.2. The summed E-state index contributed by atoms with van der Waals surface area (Å²) in [5, 5.41) is 20.9. The molecule has 0 bridgehead atoms. The predicted octanol–water partition coefficient (Wildman–Crippen LogP) is 2.25. The maximum absolute atomic E-state index is 12.2. The minimum atomic E-state index is -0.442. The Bertz CT molecular complexity index is 839. The van der Waals surface area contributed by atoms with Crippen molar-refractivity contribution in [2.24, 2.45) is 0 Å². The van der Waals surface area contributed by atoms with Gasteiger partial charge in [0.2, 0.25) is 5.91 Å². The zero-order valence-electron chi connectivity index (χ0n) is 13.7. The lowest BCUT2D eigenvalue weighted by Gasteiger charge is -2.13. The van der Waals surface area contributed by atoms with Gasteiger partial charge in [-0.15, -0.1) is 0 Å². The van der Waals surface area contributed by atoms with Gasteiger partial charge in [0, 0.05) is 6.54 Å². The first-order valence-corrected chi connectivity index (χ1v) is 8.52. The average molecular weight is 351 g/mol. The van der Waals surface area contributed by atoms with E-state index in [1.54, 1.807) is 6.92 Å². The number of amides is 1. The molecule has 25 heavy (non-hydrogen) atoms. The van der Waals surface area contributed by atoms with E-state index in [0.717, 1.165) is 23.7 Å². The molecule has 0 aliphatic carbocycles. The Hall–Kier alpha value is -3.03. The van der Waals surface area contributed by atoms with Crippen molar-refractivity contribution in [3.05, 3.63) is 53.1 Å². The van der Waals surface area contributed by atoms with Crippen molar-refractivity contribution >= 4 is 23.5 Å². The van der Waals surface area contributed by atoms with E-state index >= 15 is 0 Å². The van der Waals surface area contributed by atoms with Crippen LogP contribution in [0.3, 0.4) is 0 Å². The van der Waals surface area contributed by atoms with E-state index < -0.39 is 5.25 Å². The number of carbonyl (C=O) groups is 1. The van der Waals surface area contributed by atoms with Gasteiger partial charge in [-0.05, 0) is 25.0 Å². The molecule has 1 amide bonds. The summed E-state index contributed by atoms with van der Waals surface area (Å²) in [5.74, 6) is -0.0877. The highest BCUT2D eigenvalue weighted by Crippen LogP contribution is 2.27. The van der Waals surface area contributed by atoms with Crippen molar-refractivity contribution in [2.45, 2.75) is 23.6 Å². The molecule has 1 aromatic carbocycles. The van der Waals surface area contributed by atoms with E-state index in [2.05, 4.69) is 10.3 Å². The number of pyridine rings is 1. The van der Waals surface area contributed by atoms with Gasteiger partial charge in [0.05, 0.1) is 16.4 Å². The van der Waals surface area contributed by atoms with Crippen molar-refractivity contribution in [3.63, 3.8) is 0 Å². The number of nitrogen functional groups attached to an aromatic ring is 1. The van der Waals surface area contributed by atoms with Gasteiger partial charge >= 0.3 is 0 Å². The molecular weight excluding hydrogens is 334 g/mol. The molecule has 0 radical (unpaired) electrons. The number of nitrogens with two attached hydrogens (primary N) is 1. The maximum Gasteiger partial charge on any atom is 0.233 e. The average Bonchev–Trinajstić information content (AvgIpc) is 2.62. The summed E-state index contributed by atoms with van der Waals surface area (Å²) in [6.07, 6.45) is 0.746. The van der Waals surface area contributed by atoms with Crippen molar-refractivity contribution < 1.29 is 4.79 Å². The zero-order chi connectivity index (χ0) is 18.2. The summed E-state index contributed by atoms with van der Waals surface area (Å²) < 4.78 is 0. The fraction of sp³-hybridized carbons (Fsp3) is 0.222. The number of benzene rings is 1. The van der Waals surface area contributed by atoms with Gasteiger partial charge in [-0.3, -0.25) is 4.79 Å². The molecule has 1 aromatic heterocycles. The molecule has 0 saturated carbocycles. The number of thioether (sulfide) groups is 1. The number of hydrogen-bond acceptors (Lipinski definition) is 6. The van der Waals surface area contributed by atoms with Crippen LogP contribution in [0.15, 0.2) is 41.4 Å². The molecule has 0 aliphatic rings. The van der Waals surface area contributed by atoms with Crippen molar-refractivity contribution in [1.82, 2.24) is 10.3 Å². The molecule has 1 heterocycles. The minimum Gasteiger partial charge on any atom is -0.383 e. The number of nitrogens with zero attached hydrogens (tertiary/aromatic N) is 3. The van der Waals surface area contributed by atoms with E-state index in [1.807, 2.05) is 42.5 Å². The standard InChI is InChI=1S/C18H17N5OS/c1-12(17(24)22-8-7-13-5-3-2-4-6-13)25-18-15(11-20)9-14(10-19)16(21)23-18/h2-6,9,12H,7-8H2,1H3,(H2,21,23)(H,22,24)/t12-/m1/s1. The van der Waals surface area contributed by atoms with Crippen LogP contribution in [0.25, 0.3) is 0 Å². The number of carbonyl (C=O) groups excluding carboxylic acids is 1. The van der Waals surface area contributed by atoms with Gasteiger partial charge in [0.15, 0.2) is 0 Å². The van der Waals surface area contributed by atoms with Crippen LogP contribution in [0.1, 0.15) is 23.6 Å². The molecule has 0 spiro atoms. The van der Waals surface area contributed by atoms with Gasteiger partial charge in [-0.25, -0.2) is 4.98 Å². The molecule has 2 rings (SSSR count). The minimum absolute atomic E-state index is 0.0562. The second-order valence-electron chi connectivity index (χ2n) is 5.28. The third-order valence-corrected chi connectivity index (χ3v) is 4.57. The van der Waals surface area contributed by atoms with Crippen LogP contribution < -0.4 is 11.1 Å². The Balaban J connectivity index is 1.96. The summed E-state index contributed by atoms with van der Waals surface area (Å²) in [6.45, 7) is 2.27. The highest BCUT2D eigenvalue weighted by atomic mass is 32.2. The van der Waals surface area contributed by atoms with Gasteiger partial charge in [-0.1, -0.05) is 42.1 Å². The lowest BCUT2D eigenvalue weighted by molar-refractivity contribution is -0.120. The third kappa shape index (κ3) is 4.97. The number of rotatable bonds is 6. The summed E-state index contributed by atoms with van der Waals surface area (Å²) in [5.41, 5.74) is 7.23. The highest BCUT2D eigenvalue weighted by molar-refractivity contribution is 8.00. The molecule has 7 heteroatoms. The predicted molar refractivity (Wildman–Crippen MR) is 96.6 cm³/mol. The van der Waals surface area contributed by atoms with Gasteiger partial charge in [-0.2, -0.15) is 10.5 Å². The van der Waals surface area contributed by atoms with Crippen LogP contribution in [-0.4, -0.2) is 22.7 Å². The number of hydrogen-bond donors (Lipinski definition) is 2. The monoisotopic (exact) mass is 351 g/mol. The molecule has 3 N–H and O–H groups in total. The molecular formula is C18H17N5OS. The van der Waals surface area contributed by atoms with Crippen LogP contribution in [0.4, 0.5) is 5.82 Å². The number of aromatic nitrogens is 1. The molecule has 1 atom stereocenters. The van der Waals surface area contributed by atoms with Crippen molar-refractivity contribution in [1.29, 1.82) is 10.5 Å². The Morgan fingerprint density at radius 2 is 1.96 bits per heavy atom. The van der Waals surface area contributed by atoms with Gasteiger partial charge in [0.1, 0.15) is 23.0 Å². The first-order chi connectivity index (χ1) is 12.0. The summed E-state index contributed by atoms with van der Waals surface area (Å²) >= 11 is 1.15. The fourth-order valence-electron chi connectivity index (χ4n) is 2.11. The lowest BCUT2D eigenvalue weighted by atomic mass is 10.1. The largest absolute Gasteiger partial charge is 0.383 e. The first kappa shape index (κ1) is 18.3. The van der Waals surface area contributed by atoms with Crippen LogP contribution >= 0.6 is 11.8 Å². The van der Waals surface area contributed by atoms with E-state index in [9.17, 15) is 10.1 Å². The molecule has 0 unspecified atom stereocenters. The summed E-state index contributed by atoms with van der Waals surface area (Å²) in [7, 11) is 0. The van der Waals surface area contributed by atoms with Crippen LogP contribution in [-0.2, 0) is 11.2 Å². The van der Waals surface area contributed by atoms with E-state index in [0.29, 0.717) is 11.6 Å². The zero-order valence-corrected chi connectivity index (χ0v) is 14.5. The van der Waals surface area contributed by atoms with Crippen LogP contribution in [0.2, 0.25) is 0 Å². The summed E-state index contributed by atoms with van der Waals surface area (Å²) in [6, 6.07) is 15.1. The Kier molecular flexibility index (Phi) is 6.39.